The molecule has 5 heteroatoms. The van der Waals surface area contributed by atoms with Gasteiger partial charge in [-0.25, -0.2) is 9.37 Å². The summed E-state index contributed by atoms with van der Waals surface area (Å²) in [6.07, 6.45) is 8.05. The Morgan fingerprint density at radius 3 is 2.83 bits per heavy atom. The molecule has 1 unspecified atom stereocenters. The number of nitrogens with zero attached hydrogens (tertiary/aromatic N) is 3. The Morgan fingerprint density at radius 1 is 1.03 bits per heavy atom. The molecule has 1 fully saturated rings. The molecule has 1 N–H and O–H groups in total. The Labute approximate surface area is 176 Å². The van der Waals surface area contributed by atoms with Gasteiger partial charge in [0, 0.05) is 43.2 Å². The molecule has 4 nitrogen and oxygen atoms in total. The minimum absolute atomic E-state index is 0.0777. The molecule has 3 aromatic rings. The third-order valence-electron chi connectivity index (χ3n) is 6.18. The van der Waals surface area contributed by atoms with Crippen LogP contribution in [0.1, 0.15) is 42.4 Å². The number of pyridine rings is 1. The standard InChI is InChI=1S/C25H27FN4/c26-21-8-2-1-6-18(21)16-20-7-5-11-22(27-20)19-12-14-30(17-19)15-13-25-28-23-9-3-4-10-24(23)29-25/h3-11,19H,1-2,12-17H2,(H,28,29). The highest BCUT2D eigenvalue weighted by atomic mass is 19.1. The van der Waals surface area contributed by atoms with Gasteiger partial charge in [-0.05, 0) is 61.7 Å². The lowest BCUT2D eigenvalue weighted by Crippen LogP contribution is -2.23. The summed E-state index contributed by atoms with van der Waals surface area (Å²) in [6, 6.07) is 14.4. The number of para-hydroxylation sites is 2. The van der Waals surface area contributed by atoms with Gasteiger partial charge in [0.2, 0.25) is 0 Å². The van der Waals surface area contributed by atoms with Crippen LogP contribution < -0.4 is 0 Å². The summed E-state index contributed by atoms with van der Waals surface area (Å²) >= 11 is 0. The summed E-state index contributed by atoms with van der Waals surface area (Å²) in [5, 5.41) is 0. The number of benzene rings is 1. The van der Waals surface area contributed by atoms with Crippen LogP contribution in [-0.2, 0) is 12.8 Å². The van der Waals surface area contributed by atoms with Gasteiger partial charge in [-0.3, -0.25) is 4.98 Å². The van der Waals surface area contributed by atoms with Crippen molar-refractivity contribution in [2.45, 2.75) is 38.0 Å². The zero-order chi connectivity index (χ0) is 20.3. The van der Waals surface area contributed by atoms with Crippen molar-refractivity contribution in [2.24, 2.45) is 0 Å². The molecule has 3 heterocycles. The number of rotatable bonds is 6. The van der Waals surface area contributed by atoms with Crippen molar-refractivity contribution in [2.75, 3.05) is 19.6 Å². The lowest BCUT2D eigenvalue weighted by Gasteiger charge is -2.16. The summed E-state index contributed by atoms with van der Waals surface area (Å²) in [5.74, 6) is 1.42. The Bertz CT molecular complexity index is 1060. The van der Waals surface area contributed by atoms with Crippen LogP contribution in [-0.4, -0.2) is 39.5 Å². The monoisotopic (exact) mass is 402 g/mol. The molecule has 0 saturated carbocycles. The lowest BCUT2D eigenvalue weighted by molar-refractivity contribution is 0.336. The molecule has 1 saturated heterocycles. The number of nitrogens with one attached hydrogen (secondary N) is 1. The number of aromatic amines is 1. The fourth-order valence-corrected chi connectivity index (χ4v) is 4.54. The molecule has 0 spiro atoms. The zero-order valence-corrected chi connectivity index (χ0v) is 17.1. The molecule has 1 aromatic carbocycles. The van der Waals surface area contributed by atoms with Crippen LogP contribution in [0.2, 0.25) is 0 Å². The highest BCUT2D eigenvalue weighted by Crippen LogP contribution is 2.28. The van der Waals surface area contributed by atoms with Gasteiger partial charge in [0.05, 0.1) is 11.0 Å². The minimum Gasteiger partial charge on any atom is -0.342 e. The van der Waals surface area contributed by atoms with Crippen molar-refractivity contribution >= 4 is 11.0 Å². The predicted molar refractivity (Wildman–Crippen MR) is 118 cm³/mol. The van der Waals surface area contributed by atoms with Crippen molar-refractivity contribution in [1.82, 2.24) is 19.9 Å². The molecule has 1 aliphatic carbocycles. The number of allylic oxidation sites excluding steroid dienone is 4. The van der Waals surface area contributed by atoms with Gasteiger partial charge < -0.3 is 9.88 Å². The van der Waals surface area contributed by atoms with Gasteiger partial charge in [0.15, 0.2) is 0 Å². The first-order chi connectivity index (χ1) is 14.7. The smallest absolute Gasteiger partial charge is 0.122 e. The number of aromatic nitrogens is 3. The third kappa shape index (κ3) is 4.21. The normalized spacial score (nSPS) is 19.8. The summed E-state index contributed by atoms with van der Waals surface area (Å²) in [5.41, 5.74) is 5.02. The second-order valence-corrected chi connectivity index (χ2v) is 8.33. The summed E-state index contributed by atoms with van der Waals surface area (Å²) in [7, 11) is 0. The van der Waals surface area contributed by atoms with Crippen LogP contribution in [0.5, 0.6) is 0 Å². The van der Waals surface area contributed by atoms with Crippen molar-refractivity contribution in [3.8, 4) is 0 Å². The van der Waals surface area contributed by atoms with Gasteiger partial charge >= 0.3 is 0 Å². The molecule has 1 atom stereocenters. The van der Waals surface area contributed by atoms with E-state index in [4.69, 9.17) is 4.98 Å². The average molecular weight is 403 g/mol. The molecule has 0 amide bonds. The van der Waals surface area contributed by atoms with Crippen molar-refractivity contribution in [1.29, 1.82) is 0 Å². The Balaban J connectivity index is 1.19. The second-order valence-electron chi connectivity index (χ2n) is 8.33. The molecule has 5 rings (SSSR count). The van der Waals surface area contributed by atoms with Crippen LogP contribution in [0, 0.1) is 0 Å². The maximum Gasteiger partial charge on any atom is 0.122 e. The minimum atomic E-state index is -0.0777. The van der Waals surface area contributed by atoms with Gasteiger partial charge in [-0.1, -0.05) is 24.3 Å². The van der Waals surface area contributed by atoms with Crippen LogP contribution in [0.15, 0.2) is 66.0 Å². The van der Waals surface area contributed by atoms with Crippen molar-refractivity contribution in [3.63, 3.8) is 0 Å². The quantitative estimate of drug-likeness (QED) is 0.623. The Morgan fingerprint density at radius 2 is 1.93 bits per heavy atom. The largest absolute Gasteiger partial charge is 0.342 e. The van der Waals surface area contributed by atoms with Crippen LogP contribution >= 0.6 is 0 Å². The van der Waals surface area contributed by atoms with Gasteiger partial charge in [-0.15, -0.1) is 0 Å². The molecule has 154 valence electrons. The molecule has 0 bridgehead atoms. The van der Waals surface area contributed by atoms with E-state index in [0.29, 0.717) is 12.3 Å². The molecule has 2 aromatic heterocycles. The molecule has 30 heavy (non-hydrogen) atoms. The maximum atomic E-state index is 14.0. The van der Waals surface area contributed by atoms with Crippen LogP contribution in [0.4, 0.5) is 4.39 Å². The van der Waals surface area contributed by atoms with E-state index < -0.39 is 0 Å². The van der Waals surface area contributed by atoms with Gasteiger partial charge in [0.25, 0.3) is 0 Å². The van der Waals surface area contributed by atoms with E-state index in [-0.39, 0.29) is 5.83 Å². The highest BCUT2D eigenvalue weighted by molar-refractivity contribution is 5.74. The molecule has 1 aliphatic heterocycles. The SMILES string of the molecule is FC1=CCCC=C1Cc1cccc(C2CCN(CCc3nc4ccccc4[nH]3)C2)n1. The molecular formula is C25H27FN4. The van der Waals surface area contributed by atoms with E-state index in [1.54, 1.807) is 6.08 Å². The molecular weight excluding hydrogens is 375 g/mol. The Hall–Kier alpha value is -2.79. The van der Waals surface area contributed by atoms with Crippen molar-refractivity contribution in [3.05, 3.63) is 83.2 Å². The number of hydrogen-bond acceptors (Lipinski definition) is 3. The molecule has 2 aliphatic rings. The summed E-state index contributed by atoms with van der Waals surface area (Å²) in [4.78, 5) is 15.5. The third-order valence-corrected chi connectivity index (χ3v) is 6.18. The Kier molecular flexibility index (Phi) is 5.45. The lowest BCUT2D eigenvalue weighted by atomic mass is 9.99. The fourth-order valence-electron chi connectivity index (χ4n) is 4.54. The van der Waals surface area contributed by atoms with E-state index in [0.717, 1.165) is 79.1 Å². The summed E-state index contributed by atoms with van der Waals surface area (Å²) in [6.45, 7) is 3.10. The topological polar surface area (TPSA) is 44.8 Å². The van der Waals surface area contributed by atoms with E-state index in [1.165, 1.54) is 0 Å². The first kappa shape index (κ1) is 19.2. The van der Waals surface area contributed by atoms with Crippen LogP contribution in [0.3, 0.4) is 0 Å². The van der Waals surface area contributed by atoms with Gasteiger partial charge in [-0.2, -0.15) is 0 Å². The first-order valence-electron chi connectivity index (χ1n) is 10.9. The van der Waals surface area contributed by atoms with E-state index >= 15 is 0 Å². The maximum absolute atomic E-state index is 14.0. The fraction of sp³-hybridized carbons (Fsp3) is 0.360. The number of H-pyrrole nitrogens is 1. The predicted octanol–water partition coefficient (Wildman–Crippen LogP) is 5.11. The second kappa shape index (κ2) is 8.52. The average Bonchev–Trinajstić information content (AvgIpc) is 3.41. The van der Waals surface area contributed by atoms with Crippen molar-refractivity contribution < 1.29 is 4.39 Å². The number of likely N-dealkylation sites (tertiary alicyclic amines) is 1. The molecule has 0 radical (unpaired) electrons. The summed E-state index contributed by atoms with van der Waals surface area (Å²) < 4.78 is 14.0. The van der Waals surface area contributed by atoms with Crippen LogP contribution in [0.25, 0.3) is 11.0 Å². The van der Waals surface area contributed by atoms with E-state index in [2.05, 4.69) is 33.1 Å². The van der Waals surface area contributed by atoms with E-state index in [1.807, 2.05) is 30.3 Å². The number of hydrogen-bond donors (Lipinski definition) is 1. The number of halogens is 1. The number of imidazole rings is 1. The highest BCUT2D eigenvalue weighted by Gasteiger charge is 2.25. The first-order valence-corrected chi connectivity index (χ1v) is 10.9. The zero-order valence-electron chi connectivity index (χ0n) is 17.1. The van der Waals surface area contributed by atoms with Gasteiger partial charge in [0.1, 0.15) is 11.7 Å². The van der Waals surface area contributed by atoms with E-state index in [9.17, 15) is 4.39 Å². The number of fused-ring (bicyclic) bond motifs is 1.